The van der Waals surface area contributed by atoms with Gasteiger partial charge in [-0.05, 0) is 74.4 Å². The lowest BCUT2D eigenvalue weighted by molar-refractivity contribution is 0.0916. The third-order valence-electron chi connectivity index (χ3n) is 6.37. The number of pyridine rings is 1. The van der Waals surface area contributed by atoms with Crippen LogP contribution < -0.4 is 20.3 Å². The summed E-state index contributed by atoms with van der Waals surface area (Å²) in [5.41, 5.74) is 3.62. The van der Waals surface area contributed by atoms with E-state index in [9.17, 15) is 9.59 Å². The molecule has 31 heavy (non-hydrogen) atoms. The second-order valence-corrected chi connectivity index (χ2v) is 8.37. The van der Waals surface area contributed by atoms with Gasteiger partial charge in [-0.3, -0.25) is 9.59 Å². The van der Waals surface area contributed by atoms with Crippen molar-refractivity contribution >= 4 is 5.91 Å². The fraction of sp³-hybridized carbons (Fsp3) is 0.500. The third-order valence-corrected chi connectivity index (χ3v) is 6.37. The number of nitrogens with zero attached hydrogens (tertiary/aromatic N) is 1. The maximum absolute atomic E-state index is 13.3. The number of ether oxygens (including phenoxy) is 3. The molecule has 2 aromatic rings. The highest BCUT2D eigenvalue weighted by molar-refractivity contribution is 5.95. The first-order valence-electron chi connectivity index (χ1n) is 10.8. The molecule has 1 aliphatic heterocycles. The second-order valence-electron chi connectivity index (χ2n) is 8.37. The highest BCUT2D eigenvalue weighted by Crippen LogP contribution is 2.39. The Bertz CT molecular complexity index is 1050. The van der Waals surface area contributed by atoms with Gasteiger partial charge in [0.2, 0.25) is 0 Å². The standard InChI is InChI=1S/C24H30N2O5/c1-14-10-15(2)26(13-17-6-5-9-31-17)24(28)22(14)23(27)25-19-8-7-16-11-20(29-3)21(30-4)12-18(16)19/h10-12,17,19H,5-9,13H2,1-4H3,(H,25,27). The van der Waals surface area contributed by atoms with Crippen molar-refractivity contribution in [2.24, 2.45) is 0 Å². The zero-order valence-electron chi connectivity index (χ0n) is 18.6. The van der Waals surface area contributed by atoms with Crippen molar-refractivity contribution in [3.63, 3.8) is 0 Å². The molecule has 1 amide bonds. The Balaban J connectivity index is 1.61. The topological polar surface area (TPSA) is 78.8 Å². The number of methoxy groups -OCH3 is 2. The molecule has 2 heterocycles. The van der Waals surface area contributed by atoms with Crippen molar-refractivity contribution in [2.75, 3.05) is 20.8 Å². The summed E-state index contributed by atoms with van der Waals surface area (Å²) in [4.78, 5) is 26.5. The van der Waals surface area contributed by atoms with Gasteiger partial charge in [-0.15, -0.1) is 0 Å². The number of hydrogen-bond donors (Lipinski definition) is 1. The number of aromatic nitrogens is 1. The Labute approximate surface area is 182 Å². The van der Waals surface area contributed by atoms with Crippen LogP contribution in [0.5, 0.6) is 11.5 Å². The molecule has 0 saturated carbocycles. The molecule has 4 rings (SSSR count). The molecule has 7 nitrogen and oxygen atoms in total. The van der Waals surface area contributed by atoms with Gasteiger partial charge in [0, 0.05) is 12.3 Å². The number of nitrogens with one attached hydrogen (secondary N) is 1. The van der Waals surface area contributed by atoms with E-state index in [0.717, 1.165) is 49.1 Å². The summed E-state index contributed by atoms with van der Waals surface area (Å²) in [6.07, 6.45) is 3.57. The summed E-state index contributed by atoms with van der Waals surface area (Å²) < 4.78 is 18.2. The second kappa shape index (κ2) is 8.75. The molecule has 166 valence electrons. The number of amides is 1. The molecule has 1 aromatic heterocycles. The lowest BCUT2D eigenvalue weighted by Crippen LogP contribution is -2.37. The number of aryl methyl sites for hydroxylation is 3. The molecule has 0 spiro atoms. The van der Waals surface area contributed by atoms with Crippen LogP contribution in [0.3, 0.4) is 0 Å². The van der Waals surface area contributed by atoms with Gasteiger partial charge in [-0.2, -0.15) is 0 Å². The molecule has 1 saturated heterocycles. The molecule has 2 atom stereocenters. The van der Waals surface area contributed by atoms with Gasteiger partial charge in [0.25, 0.3) is 11.5 Å². The fourth-order valence-corrected chi connectivity index (χ4v) is 4.74. The highest BCUT2D eigenvalue weighted by atomic mass is 16.5. The van der Waals surface area contributed by atoms with Gasteiger partial charge in [0.1, 0.15) is 5.56 Å². The van der Waals surface area contributed by atoms with E-state index < -0.39 is 0 Å². The molecule has 0 bridgehead atoms. The molecule has 1 fully saturated rings. The molecule has 2 unspecified atom stereocenters. The SMILES string of the molecule is COc1cc2c(cc1OC)C(NC(=O)c1c(C)cc(C)n(CC3CCCO3)c1=O)CC2. The number of rotatable bonds is 6. The van der Waals surface area contributed by atoms with E-state index in [2.05, 4.69) is 5.32 Å². The van der Waals surface area contributed by atoms with Crippen molar-refractivity contribution in [1.29, 1.82) is 0 Å². The average Bonchev–Trinajstić information content (AvgIpc) is 3.39. The number of hydrogen-bond acceptors (Lipinski definition) is 5. The Morgan fingerprint density at radius 1 is 1.16 bits per heavy atom. The summed E-state index contributed by atoms with van der Waals surface area (Å²) in [7, 11) is 3.21. The van der Waals surface area contributed by atoms with Gasteiger partial charge in [0.15, 0.2) is 11.5 Å². The lowest BCUT2D eigenvalue weighted by Gasteiger charge is -2.19. The normalized spacial score (nSPS) is 19.9. The van der Waals surface area contributed by atoms with E-state index in [1.165, 1.54) is 0 Å². The zero-order valence-corrected chi connectivity index (χ0v) is 18.6. The first-order chi connectivity index (χ1) is 14.9. The van der Waals surface area contributed by atoms with E-state index in [4.69, 9.17) is 14.2 Å². The predicted molar refractivity (Wildman–Crippen MR) is 117 cm³/mol. The van der Waals surface area contributed by atoms with Crippen LogP contribution in [0.1, 0.15) is 58.0 Å². The summed E-state index contributed by atoms with van der Waals surface area (Å²) in [6, 6.07) is 5.62. The Hall–Kier alpha value is -2.80. The molecule has 7 heteroatoms. The molecular formula is C24H30N2O5. The summed E-state index contributed by atoms with van der Waals surface area (Å²) in [5, 5.41) is 3.08. The predicted octanol–water partition coefficient (Wildman–Crippen LogP) is 3.08. The van der Waals surface area contributed by atoms with Gasteiger partial charge < -0.3 is 24.1 Å². The maximum Gasteiger partial charge on any atom is 0.263 e. The Morgan fingerprint density at radius 3 is 2.58 bits per heavy atom. The van der Waals surface area contributed by atoms with Gasteiger partial charge in [-0.1, -0.05) is 0 Å². The molecule has 2 aliphatic rings. The molecule has 1 N–H and O–H groups in total. The monoisotopic (exact) mass is 426 g/mol. The smallest absolute Gasteiger partial charge is 0.263 e. The minimum atomic E-state index is -0.337. The molecule has 1 aromatic carbocycles. The molecule has 0 radical (unpaired) electrons. The fourth-order valence-electron chi connectivity index (χ4n) is 4.74. The van der Waals surface area contributed by atoms with Crippen LogP contribution in [-0.4, -0.2) is 37.4 Å². The first kappa shape index (κ1) is 21.4. The van der Waals surface area contributed by atoms with E-state index in [1.54, 1.807) is 18.8 Å². The Morgan fingerprint density at radius 2 is 1.90 bits per heavy atom. The van der Waals surface area contributed by atoms with Crippen molar-refractivity contribution in [2.45, 2.75) is 58.2 Å². The first-order valence-corrected chi connectivity index (χ1v) is 10.8. The molecular weight excluding hydrogens is 396 g/mol. The van der Waals surface area contributed by atoms with Crippen LogP contribution in [0, 0.1) is 13.8 Å². The van der Waals surface area contributed by atoms with Crippen LogP contribution in [0.25, 0.3) is 0 Å². The van der Waals surface area contributed by atoms with Crippen LogP contribution in [0.2, 0.25) is 0 Å². The highest BCUT2D eigenvalue weighted by Gasteiger charge is 2.29. The number of benzene rings is 1. The third kappa shape index (κ3) is 4.06. The summed E-state index contributed by atoms with van der Waals surface area (Å²) >= 11 is 0. The quantitative estimate of drug-likeness (QED) is 0.768. The van der Waals surface area contributed by atoms with Crippen molar-refractivity contribution in [3.8, 4) is 11.5 Å². The van der Waals surface area contributed by atoms with E-state index in [1.807, 2.05) is 32.0 Å². The van der Waals surface area contributed by atoms with Gasteiger partial charge in [0.05, 0.1) is 32.9 Å². The van der Waals surface area contributed by atoms with Crippen molar-refractivity contribution in [3.05, 3.63) is 56.5 Å². The van der Waals surface area contributed by atoms with Crippen molar-refractivity contribution in [1.82, 2.24) is 9.88 Å². The minimum Gasteiger partial charge on any atom is -0.493 e. The van der Waals surface area contributed by atoms with Crippen LogP contribution in [-0.2, 0) is 17.7 Å². The molecule has 1 aliphatic carbocycles. The van der Waals surface area contributed by atoms with Crippen LogP contribution in [0.4, 0.5) is 0 Å². The number of fused-ring (bicyclic) bond motifs is 1. The van der Waals surface area contributed by atoms with E-state index in [-0.39, 0.29) is 29.2 Å². The van der Waals surface area contributed by atoms with Gasteiger partial charge >= 0.3 is 0 Å². The van der Waals surface area contributed by atoms with E-state index in [0.29, 0.717) is 23.6 Å². The largest absolute Gasteiger partial charge is 0.493 e. The number of carbonyl (C=O) groups excluding carboxylic acids is 1. The Kier molecular flexibility index (Phi) is 6.05. The summed E-state index contributed by atoms with van der Waals surface area (Å²) in [5.74, 6) is 0.976. The summed E-state index contributed by atoms with van der Waals surface area (Å²) in [6.45, 7) is 4.93. The zero-order chi connectivity index (χ0) is 22.1. The maximum atomic E-state index is 13.3. The van der Waals surface area contributed by atoms with E-state index >= 15 is 0 Å². The van der Waals surface area contributed by atoms with Crippen LogP contribution in [0.15, 0.2) is 23.0 Å². The minimum absolute atomic E-state index is 0.0270. The van der Waals surface area contributed by atoms with Gasteiger partial charge in [-0.25, -0.2) is 0 Å². The average molecular weight is 427 g/mol. The van der Waals surface area contributed by atoms with Crippen LogP contribution >= 0.6 is 0 Å². The van der Waals surface area contributed by atoms with Crippen molar-refractivity contribution < 1.29 is 19.0 Å². The number of carbonyl (C=O) groups is 1. The lowest BCUT2D eigenvalue weighted by atomic mass is 10.0.